The zero-order chi connectivity index (χ0) is 17.9. The molecule has 1 aromatic heterocycles. The molecule has 0 amide bonds. The lowest BCUT2D eigenvalue weighted by Gasteiger charge is -2.30. The second kappa shape index (κ2) is 7.74. The molecule has 2 aromatic rings. The van der Waals surface area contributed by atoms with E-state index >= 15 is 0 Å². The predicted octanol–water partition coefficient (Wildman–Crippen LogP) is 1.87. The Morgan fingerprint density at radius 2 is 2.00 bits per heavy atom. The van der Waals surface area contributed by atoms with Crippen LogP contribution >= 0.6 is 0 Å². The van der Waals surface area contributed by atoms with Gasteiger partial charge in [0, 0.05) is 43.4 Å². The Morgan fingerprint density at radius 3 is 2.68 bits per heavy atom. The van der Waals surface area contributed by atoms with Crippen LogP contribution in [0.5, 0.6) is 5.75 Å². The number of hydrogen-bond donors (Lipinski definition) is 2. The Bertz CT molecular complexity index is 810. The number of aromatic amines is 1. The molecule has 0 aliphatic carbocycles. The highest BCUT2D eigenvalue weighted by molar-refractivity contribution is 7.87. The average Bonchev–Trinajstić information content (AvgIpc) is 3.03. The topological polar surface area (TPSA) is 83.7 Å². The van der Waals surface area contributed by atoms with E-state index in [9.17, 15) is 8.42 Å². The van der Waals surface area contributed by atoms with Crippen molar-refractivity contribution in [3.63, 3.8) is 0 Å². The van der Waals surface area contributed by atoms with Gasteiger partial charge in [-0.1, -0.05) is 0 Å². The van der Waals surface area contributed by atoms with Crippen molar-refractivity contribution >= 4 is 21.1 Å². The molecule has 3 rings (SSSR count). The molecule has 0 bridgehead atoms. The summed E-state index contributed by atoms with van der Waals surface area (Å²) in [5.41, 5.74) is 1.77. The molecule has 1 fully saturated rings. The van der Waals surface area contributed by atoms with Crippen LogP contribution in [0, 0.1) is 5.92 Å². The molecule has 138 valence electrons. The largest absolute Gasteiger partial charge is 0.497 e. The van der Waals surface area contributed by atoms with Gasteiger partial charge in [0.05, 0.1) is 13.7 Å². The smallest absolute Gasteiger partial charge is 0.279 e. The van der Waals surface area contributed by atoms with Crippen molar-refractivity contribution in [3.05, 3.63) is 30.0 Å². The van der Waals surface area contributed by atoms with Gasteiger partial charge in [-0.25, -0.2) is 0 Å². The van der Waals surface area contributed by atoms with E-state index in [1.54, 1.807) is 14.2 Å². The zero-order valence-corrected chi connectivity index (χ0v) is 15.4. The first-order chi connectivity index (χ1) is 12.0. The third kappa shape index (κ3) is 4.33. The molecule has 0 atom stereocenters. The number of ether oxygens (including phenoxy) is 2. The Hall–Kier alpha value is -1.61. The van der Waals surface area contributed by atoms with Crippen LogP contribution in [0.15, 0.2) is 24.3 Å². The minimum atomic E-state index is -3.47. The number of aromatic nitrogens is 1. The van der Waals surface area contributed by atoms with Gasteiger partial charge < -0.3 is 14.5 Å². The van der Waals surface area contributed by atoms with Crippen molar-refractivity contribution in [3.8, 4) is 5.75 Å². The highest BCUT2D eigenvalue weighted by Gasteiger charge is 2.27. The van der Waals surface area contributed by atoms with E-state index in [1.165, 1.54) is 4.31 Å². The molecule has 1 saturated heterocycles. The van der Waals surface area contributed by atoms with Crippen LogP contribution in [0.3, 0.4) is 0 Å². The number of fused-ring (bicyclic) bond motifs is 1. The van der Waals surface area contributed by atoms with Crippen molar-refractivity contribution in [2.45, 2.75) is 19.4 Å². The number of H-pyrrole nitrogens is 1. The maximum absolute atomic E-state index is 12.5. The fourth-order valence-electron chi connectivity index (χ4n) is 3.21. The van der Waals surface area contributed by atoms with Crippen LogP contribution in [0.4, 0.5) is 0 Å². The average molecular weight is 367 g/mol. The van der Waals surface area contributed by atoms with Crippen molar-refractivity contribution in [1.82, 2.24) is 14.0 Å². The maximum Gasteiger partial charge on any atom is 0.279 e. The van der Waals surface area contributed by atoms with Crippen molar-refractivity contribution < 1.29 is 17.9 Å². The molecule has 0 spiro atoms. The summed E-state index contributed by atoms with van der Waals surface area (Å²) in [6, 6.07) is 7.65. The summed E-state index contributed by atoms with van der Waals surface area (Å²) in [6.45, 7) is 2.00. The molecule has 0 saturated carbocycles. The number of benzene rings is 1. The number of nitrogens with one attached hydrogen (secondary N) is 2. The number of hydrogen-bond acceptors (Lipinski definition) is 4. The number of methoxy groups -OCH3 is 2. The Labute approximate surface area is 148 Å². The van der Waals surface area contributed by atoms with Gasteiger partial charge in [-0.2, -0.15) is 17.4 Å². The normalized spacial score (nSPS) is 17.2. The van der Waals surface area contributed by atoms with Gasteiger partial charge >= 0.3 is 0 Å². The summed E-state index contributed by atoms with van der Waals surface area (Å²) in [7, 11) is -0.168. The Morgan fingerprint density at radius 1 is 1.24 bits per heavy atom. The summed E-state index contributed by atoms with van der Waals surface area (Å²) in [6.07, 6.45) is 1.67. The summed E-state index contributed by atoms with van der Waals surface area (Å²) in [4.78, 5) is 3.23. The molecule has 1 aromatic carbocycles. The second-order valence-corrected chi connectivity index (χ2v) is 8.13. The van der Waals surface area contributed by atoms with Crippen LogP contribution < -0.4 is 9.46 Å². The molecule has 0 unspecified atom stereocenters. The molecule has 1 aliphatic rings. The quantitative estimate of drug-likeness (QED) is 0.783. The number of nitrogens with zero attached hydrogens (tertiary/aromatic N) is 1. The minimum absolute atomic E-state index is 0.233. The fraction of sp³-hybridized carbons (Fsp3) is 0.529. The molecule has 25 heavy (non-hydrogen) atoms. The van der Waals surface area contributed by atoms with Crippen LogP contribution in [0.1, 0.15) is 18.5 Å². The van der Waals surface area contributed by atoms with E-state index in [2.05, 4.69) is 9.71 Å². The van der Waals surface area contributed by atoms with Gasteiger partial charge in [-0.15, -0.1) is 0 Å². The standard InChI is InChI=1S/C17H25N3O4S/c1-23-12-13-5-7-20(8-6-13)25(21,22)18-11-15-9-14-10-16(24-2)3-4-17(14)19-15/h3-4,9-10,13,18-19H,5-8,11-12H2,1-2H3. The van der Waals surface area contributed by atoms with Crippen molar-refractivity contribution in [2.24, 2.45) is 5.92 Å². The third-order valence-corrected chi connectivity index (χ3v) is 6.20. The fourth-order valence-corrected chi connectivity index (χ4v) is 4.42. The zero-order valence-electron chi connectivity index (χ0n) is 14.6. The molecule has 2 N–H and O–H groups in total. The van der Waals surface area contributed by atoms with Crippen molar-refractivity contribution in [1.29, 1.82) is 0 Å². The highest BCUT2D eigenvalue weighted by Crippen LogP contribution is 2.22. The van der Waals surface area contributed by atoms with E-state index in [1.807, 2.05) is 24.3 Å². The van der Waals surface area contributed by atoms with Crippen LogP contribution in [-0.2, 0) is 21.5 Å². The Kier molecular flexibility index (Phi) is 5.63. The SMILES string of the molecule is COCC1CCN(S(=O)(=O)NCc2cc3cc(OC)ccc3[nH]2)CC1. The van der Waals surface area contributed by atoms with Gasteiger partial charge in [0.25, 0.3) is 10.2 Å². The number of rotatable bonds is 7. The summed E-state index contributed by atoms with van der Waals surface area (Å²) in [5.74, 6) is 1.22. The van der Waals surface area contributed by atoms with Crippen LogP contribution in [-0.4, -0.2) is 51.6 Å². The molecule has 0 radical (unpaired) electrons. The number of piperidine rings is 1. The van der Waals surface area contributed by atoms with Crippen molar-refractivity contribution in [2.75, 3.05) is 33.9 Å². The van der Waals surface area contributed by atoms with E-state index < -0.39 is 10.2 Å². The molecular weight excluding hydrogens is 342 g/mol. The first kappa shape index (κ1) is 18.2. The van der Waals surface area contributed by atoms with Gasteiger partial charge in [-0.05, 0) is 43.0 Å². The second-order valence-electron chi connectivity index (χ2n) is 6.37. The van der Waals surface area contributed by atoms with E-state index in [-0.39, 0.29) is 6.54 Å². The lowest BCUT2D eigenvalue weighted by molar-refractivity contribution is 0.121. The van der Waals surface area contributed by atoms with Gasteiger partial charge in [-0.3, -0.25) is 0 Å². The minimum Gasteiger partial charge on any atom is -0.497 e. The monoisotopic (exact) mass is 367 g/mol. The van der Waals surface area contributed by atoms with Gasteiger partial charge in [0.15, 0.2) is 0 Å². The molecule has 7 nitrogen and oxygen atoms in total. The lowest BCUT2D eigenvalue weighted by atomic mass is 9.99. The Balaban J connectivity index is 1.60. The first-order valence-corrected chi connectivity index (χ1v) is 9.85. The lowest BCUT2D eigenvalue weighted by Crippen LogP contribution is -2.45. The highest BCUT2D eigenvalue weighted by atomic mass is 32.2. The van der Waals surface area contributed by atoms with Gasteiger partial charge in [0.2, 0.25) is 0 Å². The summed E-state index contributed by atoms with van der Waals surface area (Å²) >= 11 is 0. The van der Waals surface area contributed by atoms with Gasteiger partial charge in [0.1, 0.15) is 5.75 Å². The molecule has 8 heteroatoms. The molecular formula is C17H25N3O4S. The molecule has 1 aliphatic heterocycles. The predicted molar refractivity (Wildman–Crippen MR) is 96.8 cm³/mol. The van der Waals surface area contributed by atoms with E-state index in [4.69, 9.17) is 9.47 Å². The maximum atomic E-state index is 12.5. The third-order valence-electron chi connectivity index (χ3n) is 4.64. The molecule has 2 heterocycles. The summed E-state index contributed by atoms with van der Waals surface area (Å²) < 4.78 is 39.5. The van der Waals surface area contributed by atoms with E-state index in [0.717, 1.165) is 35.2 Å². The summed E-state index contributed by atoms with van der Waals surface area (Å²) in [5, 5.41) is 0.994. The van der Waals surface area contributed by atoms with Crippen LogP contribution in [0.2, 0.25) is 0 Å². The van der Waals surface area contributed by atoms with E-state index in [0.29, 0.717) is 25.6 Å². The van der Waals surface area contributed by atoms with Crippen LogP contribution in [0.25, 0.3) is 10.9 Å². The first-order valence-electron chi connectivity index (χ1n) is 8.41.